The maximum Gasteiger partial charge on any atom is 0.134 e. The number of nitrogens with zero attached hydrogens (tertiary/aromatic N) is 3. The molecule has 0 saturated heterocycles. The summed E-state index contributed by atoms with van der Waals surface area (Å²) in [5.41, 5.74) is 10.4. The lowest BCUT2D eigenvalue weighted by molar-refractivity contribution is 0.310. The van der Waals surface area contributed by atoms with Crippen molar-refractivity contribution >= 4 is 11.5 Å². The van der Waals surface area contributed by atoms with Crippen LogP contribution in [0, 0.1) is 0 Å². The van der Waals surface area contributed by atoms with Gasteiger partial charge in [-0.2, -0.15) is 5.10 Å². The van der Waals surface area contributed by atoms with Crippen molar-refractivity contribution in [3.63, 3.8) is 0 Å². The van der Waals surface area contributed by atoms with Gasteiger partial charge in [0.25, 0.3) is 0 Å². The van der Waals surface area contributed by atoms with Crippen LogP contribution >= 0.6 is 0 Å². The van der Waals surface area contributed by atoms with E-state index < -0.39 is 0 Å². The highest BCUT2D eigenvalue weighted by Gasteiger charge is 2.48. The van der Waals surface area contributed by atoms with Crippen molar-refractivity contribution in [2.24, 2.45) is 15.8 Å². The van der Waals surface area contributed by atoms with Gasteiger partial charge in [-0.3, -0.25) is 4.99 Å². The Hall–Kier alpha value is -3.24. The van der Waals surface area contributed by atoms with Crippen molar-refractivity contribution in [3.8, 4) is 0 Å². The van der Waals surface area contributed by atoms with Crippen LogP contribution in [0.15, 0.2) is 101 Å². The van der Waals surface area contributed by atoms with Crippen molar-refractivity contribution in [2.45, 2.75) is 31.8 Å². The van der Waals surface area contributed by atoms with Crippen LogP contribution in [-0.2, 0) is 12.0 Å². The standard InChI is InChI=1S/C26H28N4/c1-20-26(2,23-16-10-5-11-17-23)25(22-14-8-4-9-15-22)29-30(20)24(18-27)28-19-21-12-6-3-7-13-21/h3-17,20H,18-19,27H2,1-2H3/t20-,26+/m1/s1. The average molecular weight is 397 g/mol. The van der Waals surface area contributed by atoms with E-state index in [2.05, 4.69) is 80.6 Å². The molecular formula is C26H28N4. The number of aliphatic imine (C=N–C) groups is 1. The maximum atomic E-state index is 6.15. The van der Waals surface area contributed by atoms with E-state index in [0.29, 0.717) is 13.1 Å². The summed E-state index contributed by atoms with van der Waals surface area (Å²) >= 11 is 0. The van der Waals surface area contributed by atoms with Gasteiger partial charge in [-0.1, -0.05) is 91.0 Å². The van der Waals surface area contributed by atoms with Crippen LogP contribution in [0.25, 0.3) is 0 Å². The molecule has 2 N–H and O–H groups in total. The monoisotopic (exact) mass is 396 g/mol. The molecule has 0 radical (unpaired) electrons. The van der Waals surface area contributed by atoms with E-state index in [-0.39, 0.29) is 11.5 Å². The molecule has 0 aliphatic carbocycles. The van der Waals surface area contributed by atoms with Gasteiger partial charge < -0.3 is 5.73 Å². The Morgan fingerprint density at radius 2 is 1.50 bits per heavy atom. The van der Waals surface area contributed by atoms with Crippen molar-refractivity contribution in [2.75, 3.05) is 6.54 Å². The van der Waals surface area contributed by atoms with Gasteiger partial charge in [0.15, 0.2) is 0 Å². The number of rotatable bonds is 5. The summed E-state index contributed by atoms with van der Waals surface area (Å²) in [5, 5.41) is 7.12. The van der Waals surface area contributed by atoms with Crippen LogP contribution in [0.2, 0.25) is 0 Å². The molecule has 30 heavy (non-hydrogen) atoms. The third kappa shape index (κ3) is 3.66. The second kappa shape index (κ2) is 8.64. The Labute approximate surface area is 178 Å². The molecule has 3 aromatic rings. The molecule has 1 heterocycles. The minimum absolute atomic E-state index is 0.0770. The van der Waals surface area contributed by atoms with Crippen molar-refractivity contribution in [3.05, 3.63) is 108 Å². The van der Waals surface area contributed by atoms with E-state index in [4.69, 9.17) is 15.8 Å². The average Bonchev–Trinajstić information content (AvgIpc) is 3.08. The van der Waals surface area contributed by atoms with Crippen LogP contribution in [0.1, 0.15) is 30.5 Å². The second-order valence-corrected chi connectivity index (χ2v) is 7.83. The summed E-state index contributed by atoms with van der Waals surface area (Å²) in [6.45, 7) is 5.41. The molecule has 4 nitrogen and oxygen atoms in total. The number of hydrazone groups is 1. The molecule has 4 heteroatoms. The molecule has 1 aliphatic rings. The lowest BCUT2D eigenvalue weighted by Gasteiger charge is -2.34. The largest absolute Gasteiger partial charge is 0.324 e. The molecule has 0 bridgehead atoms. The van der Waals surface area contributed by atoms with Gasteiger partial charge in [0.05, 0.1) is 30.3 Å². The van der Waals surface area contributed by atoms with Gasteiger partial charge in [-0.25, -0.2) is 5.01 Å². The molecule has 0 saturated carbocycles. The molecule has 0 unspecified atom stereocenters. The van der Waals surface area contributed by atoms with Gasteiger partial charge >= 0.3 is 0 Å². The topological polar surface area (TPSA) is 54.0 Å². The molecule has 0 aromatic heterocycles. The first-order valence-corrected chi connectivity index (χ1v) is 10.4. The Morgan fingerprint density at radius 1 is 0.933 bits per heavy atom. The maximum absolute atomic E-state index is 6.15. The number of nitrogens with two attached hydrogens (primary N) is 1. The molecule has 1 aliphatic heterocycles. The Kier molecular flexibility index (Phi) is 5.77. The molecule has 0 amide bonds. The quantitative estimate of drug-likeness (QED) is 0.506. The normalized spacial score (nSPS) is 21.6. The summed E-state index contributed by atoms with van der Waals surface area (Å²) < 4.78 is 0. The van der Waals surface area contributed by atoms with Crippen LogP contribution in [0.5, 0.6) is 0 Å². The summed E-state index contributed by atoms with van der Waals surface area (Å²) in [6.07, 6.45) is 0. The van der Waals surface area contributed by atoms with E-state index in [9.17, 15) is 0 Å². The molecular weight excluding hydrogens is 368 g/mol. The minimum atomic E-state index is -0.286. The SMILES string of the molecule is C[C@H]1N(C(CN)=NCc2ccccc2)N=C(c2ccccc2)[C@]1(C)c1ccccc1. The summed E-state index contributed by atoms with van der Waals surface area (Å²) in [6, 6.07) is 31.3. The number of hydrogen-bond donors (Lipinski definition) is 1. The summed E-state index contributed by atoms with van der Waals surface area (Å²) in [4.78, 5) is 4.84. The van der Waals surface area contributed by atoms with E-state index in [0.717, 1.165) is 22.7 Å². The lowest BCUT2D eigenvalue weighted by Crippen LogP contribution is -2.46. The van der Waals surface area contributed by atoms with Gasteiger partial charge in [-0.15, -0.1) is 0 Å². The van der Waals surface area contributed by atoms with Gasteiger partial charge in [-0.05, 0) is 30.5 Å². The van der Waals surface area contributed by atoms with Crippen LogP contribution in [0.3, 0.4) is 0 Å². The summed E-state index contributed by atoms with van der Waals surface area (Å²) in [7, 11) is 0. The summed E-state index contributed by atoms with van der Waals surface area (Å²) in [5.74, 6) is 0.805. The molecule has 4 rings (SSSR count). The zero-order valence-corrected chi connectivity index (χ0v) is 17.6. The zero-order valence-electron chi connectivity index (χ0n) is 17.6. The number of amidine groups is 1. The molecule has 3 aromatic carbocycles. The molecule has 0 spiro atoms. The predicted molar refractivity (Wildman–Crippen MR) is 125 cm³/mol. The van der Waals surface area contributed by atoms with E-state index in [1.165, 1.54) is 5.56 Å². The van der Waals surface area contributed by atoms with Crippen molar-refractivity contribution in [1.29, 1.82) is 0 Å². The van der Waals surface area contributed by atoms with Crippen LogP contribution in [0.4, 0.5) is 0 Å². The molecule has 2 atom stereocenters. The fourth-order valence-electron chi connectivity index (χ4n) is 4.13. The van der Waals surface area contributed by atoms with E-state index in [1.54, 1.807) is 0 Å². The van der Waals surface area contributed by atoms with E-state index >= 15 is 0 Å². The fraction of sp³-hybridized carbons (Fsp3) is 0.231. The number of benzene rings is 3. The first-order valence-electron chi connectivity index (χ1n) is 10.4. The highest BCUT2D eigenvalue weighted by atomic mass is 15.5. The van der Waals surface area contributed by atoms with Crippen molar-refractivity contribution in [1.82, 2.24) is 5.01 Å². The second-order valence-electron chi connectivity index (χ2n) is 7.83. The first kappa shape index (κ1) is 20.0. The lowest BCUT2D eigenvalue weighted by atomic mass is 9.71. The smallest absolute Gasteiger partial charge is 0.134 e. The third-order valence-corrected chi connectivity index (χ3v) is 6.06. The van der Waals surface area contributed by atoms with Crippen molar-refractivity contribution < 1.29 is 0 Å². The van der Waals surface area contributed by atoms with Crippen LogP contribution < -0.4 is 5.73 Å². The van der Waals surface area contributed by atoms with E-state index in [1.807, 2.05) is 29.3 Å². The Bertz CT molecular complexity index is 1030. The fourth-order valence-corrected chi connectivity index (χ4v) is 4.13. The van der Waals surface area contributed by atoms with Gasteiger partial charge in [0.2, 0.25) is 0 Å². The van der Waals surface area contributed by atoms with Gasteiger partial charge in [0.1, 0.15) is 5.84 Å². The molecule has 0 fully saturated rings. The Balaban J connectivity index is 1.76. The predicted octanol–water partition coefficient (Wildman–Crippen LogP) is 4.61. The first-order chi connectivity index (χ1) is 14.6. The molecule has 152 valence electrons. The van der Waals surface area contributed by atoms with Crippen LogP contribution in [-0.4, -0.2) is 29.1 Å². The van der Waals surface area contributed by atoms with Gasteiger partial charge in [0, 0.05) is 0 Å². The zero-order chi connectivity index (χ0) is 21.0. The Morgan fingerprint density at radius 3 is 2.10 bits per heavy atom. The minimum Gasteiger partial charge on any atom is -0.324 e. The highest BCUT2D eigenvalue weighted by molar-refractivity contribution is 6.10. The number of hydrogen-bond acceptors (Lipinski definition) is 3. The third-order valence-electron chi connectivity index (χ3n) is 6.06. The highest BCUT2D eigenvalue weighted by Crippen LogP contribution is 2.40.